The summed E-state index contributed by atoms with van der Waals surface area (Å²) in [5, 5.41) is 6.69. The Labute approximate surface area is 202 Å². The number of rotatable bonds is 8. The molecule has 1 aromatic heterocycles. The van der Waals surface area contributed by atoms with Crippen LogP contribution in [0, 0.1) is 5.92 Å². The number of amides is 1. The summed E-state index contributed by atoms with van der Waals surface area (Å²) in [6.07, 6.45) is 8.75. The Bertz CT molecular complexity index is 980. The second-order valence-corrected chi connectivity index (χ2v) is 9.57. The van der Waals surface area contributed by atoms with Gasteiger partial charge in [0.05, 0.1) is 19.9 Å². The van der Waals surface area contributed by atoms with Crippen molar-refractivity contribution in [1.29, 1.82) is 0 Å². The number of ether oxygens (including phenoxy) is 2. The summed E-state index contributed by atoms with van der Waals surface area (Å²) < 4.78 is 10.5. The first-order valence-electron chi connectivity index (χ1n) is 12.3. The first-order chi connectivity index (χ1) is 16.5. The second kappa shape index (κ2) is 10.9. The molecule has 0 bridgehead atoms. The molecule has 8 heteroatoms. The molecule has 1 amide bonds. The van der Waals surface area contributed by atoms with E-state index in [4.69, 9.17) is 19.4 Å². The predicted molar refractivity (Wildman–Crippen MR) is 134 cm³/mol. The van der Waals surface area contributed by atoms with Crippen LogP contribution in [0.25, 0.3) is 0 Å². The van der Waals surface area contributed by atoms with E-state index >= 15 is 0 Å². The molecule has 0 radical (unpaired) electrons. The summed E-state index contributed by atoms with van der Waals surface area (Å²) in [5.74, 6) is 3.40. The Morgan fingerprint density at radius 2 is 1.68 bits per heavy atom. The number of methoxy groups -OCH3 is 2. The van der Waals surface area contributed by atoms with E-state index in [1.165, 1.54) is 24.1 Å². The van der Waals surface area contributed by atoms with E-state index in [-0.39, 0.29) is 5.91 Å². The minimum atomic E-state index is -0.101. The van der Waals surface area contributed by atoms with Gasteiger partial charge in [0, 0.05) is 43.9 Å². The van der Waals surface area contributed by atoms with Gasteiger partial charge in [0.25, 0.3) is 5.91 Å². The van der Waals surface area contributed by atoms with Crippen LogP contribution in [0.15, 0.2) is 18.2 Å². The van der Waals surface area contributed by atoms with Crippen LogP contribution in [-0.2, 0) is 12.8 Å². The maximum atomic E-state index is 12.7. The number of carbonyl (C=O) groups is 1. The van der Waals surface area contributed by atoms with Crippen LogP contribution in [-0.4, -0.2) is 56.8 Å². The summed E-state index contributed by atoms with van der Waals surface area (Å²) in [4.78, 5) is 24.5. The van der Waals surface area contributed by atoms with Gasteiger partial charge in [-0.25, -0.2) is 4.98 Å². The van der Waals surface area contributed by atoms with Crippen molar-refractivity contribution in [3.8, 4) is 11.5 Å². The quantitative estimate of drug-likeness (QED) is 0.610. The van der Waals surface area contributed by atoms with Crippen LogP contribution in [0.5, 0.6) is 11.5 Å². The number of nitrogens with one attached hydrogen (secondary N) is 2. The van der Waals surface area contributed by atoms with Gasteiger partial charge in [-0.15, -0.1) is 0 Å². The van der Waals surface area contributed by atoms with E-state index in [9.17, 15) is 4.79 Å². The average molecular weight is 468 g/mol. The van der Waals surface area contributed by atoms with Gasteiger partial charge in [0.15, 0.2) is 0 Å². The minimum absolute atomic E-state index is 0.101. The van der Waals surface area contributed by atoms with E-state index in [1.807, 2.05) is 0 Å². The molecule has 2 aliphatic rings. The van der Waals surface area contributed by atoms with Gasteiger partial charge in [0.2, 0.25) is 5.95 Å². The Hall–Kier alpha value is -3.03. The molecular formula is C26H37N5O3. The Morgan fingerprint density at radius 1 is 1.00 bits per heavy atom. The van der Waals surface area contributed by atoms with Gasteiger partial charge < -0.3 is 25.0 Å². The van der Waals surface area contributed by atoms with Crippen molar-refractivity contribution < 1.29 is 14.3 Å². The molecule has 0 aliphatic heterocycles. The molecule has 2 aliphatic carbocycles. The molecule has 1 aromatic carbocycles. The van der Waals surface area contributed by atoms with Crippen LogP contribution in [0.4, 0.5) is 11.8 Å². The molecule has 34 heavy (non-hydrogen) atoms. The summed E-state index contributed by atoms with van der Waals surface area (Å²) in [7, 11) is 7.28. The number of carbonyl (C=O) groups excluding carboxylic acids is 1. The summed E-state index contributed by atoms with van der Waals surface area (Å²) in [6, 6.07) is 5.60. The van der Waals surface area contributed by atoms with Crippen LogP contribution in [0.1, 0.15) is 60.1 Å². The van der Waals surface area contributed by atoms with E-state index in [1.54, 1.807) is 32.4 Å². The summed E-state index contributed by atoms with van der Waals surface area (Å²) in [5.41, 5.74) is 3.07. The fourth-order valence-corrected chi connectivity index (χ4v) is 4.98. The second-order valence-electron chi connectivity index (χ2n) is 9.57. The van der Waals surface area contributed by atoms with E-state index in [0.29, 0.717) is 35.6 Å². The van der Waals surface area contributed by atoms with Crippen molar-refractivity contribution in [1.82, 2.24) is 15.3 Å². The molecule has 184 valence electrons. The van der Waals surface area contributed by atoms with Crippen molar-refractivity contribution >= 4 is 17.7 Å². The maximum absolute atomic E-state index is 12.7. The minimum Gasteiger partial charge on any atom is -0.497 e. The molecule has 1 saturated carbocycles. The number of nitrogens with zero attached hydrogens (tertiary/aromatic N) is 3. The standard InChI is InChI=1S/C26H37N5O3/c1-31(2)24-22-7-5-6-8-23(22)29-26(30-24)28-19-11-9-17(10-12-19)16-27-25(32)18-13-20(33-3)15-21(14-18)34-4/h13-15,17,19H,5-12,16H2,1-4H3,(H,27,32)(H,28,29,30)/t17-,19+. The van der Waals surface area contributed by atoms with Gasteiger partial charge >= 0.3 is 0 Å². The van der Waals surface area contributed by atoms with Crippen LogP contribution < -0.4 is 25.0 Å². The number of hydrogen-bond donors (Lipinski definition) is 2. The Kier molecular flexibility index (Phi) is 7.75. The number of anilines is 2. The lowest BCUT2D eigenvalue weighted by Crippen LogP contribution is -2.34. The molecule has 1 fully saturated rings. The largest absolute Gasteiger partial charge is 0.497 e. The molecule has 1 heterocycles. The number of fused-ring (bicyclic) bond motifs is 1. The number of benzene rings is 1. The fourth-order valence-electron chi connectivity index (χ4n) is 4.98. The topological polar surface area (TPSA) is 88.6 Å². The van der Waals surface area contributed by atoms with Crippen LogP contribution >= 0.6 is 0 Å². The van der Waals surface area contributed by atoms with Gasteiger partial charge in [0.1, 0.15) is 17.3 Å². The lowest BCUT2D eigenvalue weighted by Gasteiger charge is -2.30. The zero-order valence-corrected chi connectivity index (χ0v) is 20.8. The molecule has 8 nitrogen and oxygen atoms in total. The highest BCUT2D eigenvalue weighted by molar-refractivity contribution is 5.95. The molecule has 4 rings (SSSR count). The van der Waals surface area contributed by atoms with Gasteiger partial charge in [-0.2, -0.15) is 4.98 Å². The average Bonchev–Trinajstić information content (AvgIpc) is 2.87. The Morgan fingerprint density at radius 3 is 2.32 bits per heavy atom. The highest BCUT2D eigenvalue weighted by Gasteiger charge is 2.24. The number of aryl methyl sites for hydroxylation is 1. The molecule has 0 spiro atoms. The van der Waals surface area contributed by atoms with E-state index in [2.05, 4.69) is 29.6 Å². The molecule has 0 atom stereocenters. The highest BCUT2D eigenvalue weighted by Crippen LogP contribution is 2.30. The predicted octanol–water partition coefficient (Wildman–Crippen LogP) is 3.84. The summed E-state index contributed by atoms with van der Waals surface area (Å²) in [6.45, 7) is 0.672. The van der Waals surface area contributed by atoms with E-state index < -0.39 is 0 Å². The van der Waals surface area contributed by atoms with Gasteiger partial charge in [-0.05, 0) is 69.4 Å². The third-order valence-corrected chi connectivity index (χ3v) is 6.93. The monoisotopic (exact) mass is 467 g/mol. The fraction of sp³-hybridized carbons (Fsp3) is 0.577. The lowest BCUT2D eigenvalue weighted by atomic mass is 9.86. The first-order valence-corrected chi connectivity index (χ1v) is 12.3. The number of aromatic nitrogens is 2. The highest BCUT2D eigenvalue weighted by atomic mass is 16.5. The van der Waals surface area contributed by atoms with E-state index in [0.717, 1.165) is 50.3 Å². The molecular weight excluding hydrogens is 430 g/mol. The summed E-state index contributed by atoms with van der Waals surface area (Å²) >= 11 is 0. The van der Waals surface area contributed by atoms with Crippen molar-refractivity contribution in [2.75, 3.05) is 45.1 Å². The molecule has 0 saturated heterocycles. The normalized spacial score (nSPS) is 19.6. The van der Waals surface area contributed by atoms with Crippen molar-refractivity contribution in [2.45, 2.75) is 57.4 Å². The smallest absolute Gasteiger partial charge is 0.251 e. The van der Waals surface area contributed by atoms with Gasteiger partial charge in [-0.3, -0.25) is 4.79 Å². The van der Waals surface area contributed by atoms with Crippen molar-refractivity contribution in [3.05, 3.63) is 35.0 Å². The molecule has 2 aromatic rings. The zero-order valence-electron chi connectivity index (χ0n) is 20.8. The molecule has 0 unspecified atom stereocenters. The number of hydrogen-bond acceptors (Lipinski definition) is 7. The van der Waals surface area contributed by atoms with Crippen molar-refractivity contribution in [2.24, 2.45) is 5.92 Å². The van der Waals surface area contributed by atoms with Crippen LogP contribution in [0.3, 0.4) is 0 Å². The first kappa shape index (κ1) is 24.1. The van der Waals surface area contributed by atoms with Crippen molar-refractivity contribution in [3.63, 3.8) is 0 Å². The Balaban J connectivity index is 1.30. The zero-order chi connectivity index (χ0) is 24.1. The van der Waals surface area contributed by atoms with Gasteiger partial charge in [-0.1, -0.05) is 0 Å². The van der Waals surface area contributed by atoms with Crippen LogP contribution in [0.2, 0.25) is 0 Å². The third-order valence-electron chi connectivity index (χ3n) is 6.93. The third kappa shape index (κ3) is 5.72. The maximum Gasteiger partial charge on any atom is 0.251 e. The lowest BCUT2D eigenvalue weighted by molar-refractivity contribution is 0.0942. The SMILES string of the molecule is COc1cc(OC)cc(C(=O)NC[C@H]2CC[C@@H](Nc3nc4c(c(N(C)C)n3)CCCC4)CC2)c1. The molecule has 2 N–H and O–H groups in total.